The molecule has 1 aromatic carbocycles. The third kappa shape index (κ3) is 3.48. The van der Waals surface area contributed by atoms with Crippen molar-refractivity contribution in [1.82, 2.24) is 0 Å². The van der Waals surface area contributed by atoms with Gasteiger partial charge >= 0.3 is 0 Å². The molecule has 5 unspecified atom stereocenters. The largest absolute Gasteiger partial charge is 0.0625 e. The summed E-state index contributed by atoms with van der Waals surface area (Å²) in [6.07, 6.45) is 14.2. The predicted molar refractivity (Wildman–Crippen MR) is 122 cm³/mol. The minimum Gasteiger partial charge on any atom is -0.0625 e. The Hall–Kier alpha value is -0.780. The van der Waals surface area contributed by atoms with Crippen LogP contribution in [0.15, 0.2) is 6.07 Å². The summed E-state index contributed by atoms with van der Waals surface area (Å²) < 4.78 is 0. The maximum Gasteiger partial charge on any atom is -0.0105 e. The van der Waals surface area contributed by atoms with Gasteiger partial charge in [-0.3, -0.25) is 0 Å². The first-order valence-corrected chi connectivity index (χ1v) is 12.5. The molecule has 0 spiro atoms. The Morgan fingerprint density at radius 1 is 0.964 bits per heavy atom. The van der Waals surface area contributed by atoms with E-state index in [1.54, 1.807) is 16.7 Å². The summed E-state index contributed by atoms with van der Waals surface area (Å²) in [5.74, 6) is 4.18. The topological polar surface area (TPSA) is 0 Å². The summed E-state index contributed by atoms with van der Waals surface area (Å²) in [6, 6.07) is 2.67. The molecule has 3 aliphatic rings. The van der Waals surface area contributed by atoms with Crippen molar-refractivity contribution in [1.29, 1.82) is 0 Å². The molecule has 0 heterocycles. The van der Waals surface area contributed by atoms with Crippen LogP contribution < -0.4 is 0 Å². The SMILES string of the molecule is Cc1cc2c(c3c1C(C(C)CCC(C)C(C)C)CC3)CCC1(C)CCCCC21. The number of hydrogen-bond acceptors (Lipinski definition) is 0. The molecule has 0 heteroatoms. The second kappa shape index (κ2) is 7.81. The number of benzene rings is 1. The third-order valence-corrected chi connectivity index (χ3v) is 9.47. The van der Waals surface area contributed by atoms with Crippen LogP contribution in [-0.4, -0.2) is 0 Å². The Kier molecular flexibility index (Phi) is 5.71. The fraction of sp³-hybridized carbons (Fsp3) is 0.786. The van der Waals surface area contributed by atoms with Gasteiger partial charge in [0.15, 0.2) is 0 Å². The van der Waals surface area contributed by atoms with Gasteiger partial charge in [-0.1, -0.05) is 59.9 Å². The van der Waals surface area contributed by atoms with E-state index < -0.39 is 0 Å². The van der Waals surface area contributed by atoms with Crippen LogP contribution in [0, 0.1) is 30.1 Å². The van der Waals surface area contributed by atoms with Crippen molar-refractivity contribution >= 4 is 0 Å². The van der Waals surface area contributed by atoms with E-state index in [1.165, 1.54) is 64.2 Å². The average molecular weight is 381 g/mol. The van der Waals surface area contributed by atoms with Gasteiger partial charge < -0.3 is 0 Å². The number of rotatable bonds is 5. The van der Waals surface area contributed by atoms with Crippen molar-refractivity contribution in [3.63, 3.8) is 0 Å². The highest BCUT2D eigenvalue weighted by atomic mass is 14.5. The van der Waals surface area contributed by atoms with E-state index in [1.807, 2.05) is 11.1 Å². The molecule has 0 amide bonds. The zero-order chi connectivity index (χ0) is 20.1. The quantitative estimate of drug-likeness (QED) is 0.481. The Labute approximate surface area is 174 Å². The van der Waals surface area contributed by atoms with E-state index >= 15 is 0 Å². The van der Waals surface area contributed by atoms with Gasteiger partial charge in [-0.2, -0.15) is 0 Å². The molecule has 0 saturated heterocycles. The smallest absolute Gasteiger partial charge is 0.0105 e. The monoisotopic (exact) mass is 380 g/mol. The maximum absolute atomic E-state index is 2.67. The number of aryl methyl sites for hydroxylation is 1. The second-order valence-corrected chi connectivity index (χ2v) is 11.5. The molecule has 0 bridgehead atoms. The lowest BCUT2D eigenvalue weighted by molar-refractivity contribution is 0.147. The van der Waals surface area contributed by atoms with Crippen molar-refractivity contribution in [3.05, 3.63) is 33.9 Å². The fourth-order valence-electron chi connectivity index (χ4n) is 7.10. The van der Waals surface area contributed by atoms with Crippen molar-refractivity contribution < 1.29 is 0 Å². The normalized spacial score (nSPS) is 31.2. The van der Waals surface area contributed by atoms with E-state index in [2.05, 4.69) is 47.6 Å². The van der Waals surface area contributed by atoms with Gasteiger partial charge in [0.2, 0.25) is 0 Å². The first-order chi connectivity index (χ1) is 13.3. The third-order valence-electron chi connectivity index (χ3n) is 9.47. The zero-order valence-corrected chi connectivity index (χ0v) is 19.5. The lowest BCUT2D eigenvalue weighted by atomic mass is 9.58. The number of hydrogen-bond donors (Lipinski definition) is 0. The van der Waals surface area contributed by atoms with E-state index in [0.717, 1.165) is 29.6 Å². The van der Waals surface area contributed by atoms with Crippen LogP contribution >= 0.6 is 0 Å². The molecule has 0 aliphatic heterocycles. The first-order valence-electron chi connectivity index (χ1n) is 12.5. The Morgan fingerprint density at radius 3 is 2.50 bits per heavy atom. The highest BCUT2D eigenvalue weighted by Crippen LogP contribution is 2.56. The van der Waals surface area contributed by atoms with Gasteiger partial charge in [0, 0.05) is 0 Å². The first kappa shape index (κ1) is 20.5. The molecule has 5 atom stereocenters. The van der Waals surface area contributed by atoms with Crippen molar-refractivity contribution in [2.45, 2.75) is 118 Å². The summed E-state index contributed by atoms with van der Waals surface area (Å²) in [7, 11) is 0. The van der Waals surface area contributed by atoms with Crippen LogP contribution in [0.2, 0.25) is 0 Å². The summed E-state index contributed by atoms with van der Waals surface area (Å²) >= 11 is 0. The Morgan fingerprint density at radius 2 is 1.75 bits per heavy atom. The maximum atomic E-state index is 2.67. The van der Waals surface area contributed by atoms with E-state index in [0.29, 0.717) is 5.41 Å². The summed E-state index contributed by atoms with van der Waals surface area (Å²) in [5.41, 5.74) is 9.43. The molecule has 1 fully saturated rings. The Bertz CT molecular complexity index is 711. The van der Waals surface area contributed by atoms with Crippen LogP contribution in [0.1, 0.15) is 126 Å². The van der Waals surface area contributed by atoms with Crippen LogP contribution in [-0.2, 0) is 12.8 Å². The van der Waals surface area contributed by atoms with Crippen molar-refractivity contribution in [2.75, 3.05) is 0 Å². The van der Waals surface area contributed by atoms with Gasteiger partial charge in [-0.15, -0.1) is 0 Å². The number of fused-ring (bicyclic) bond motifs is 5. The van der Waals surface area contributed by atoms with Crippen LogP contribution in [0.4, 0.5) is 0 Å². The predicted octanol–water partition coefficient (Wildman–Crippen LogP) is 8.34. The molecule has 1 saturated carbocycles. The van der Waals surface area contributed by atoms with Crippen LogP contribution in [0.3, 0.4) is 0 Å². The summed E-state index contributed by atoms with van der Waals surface area (Å²) in [6.45, 7) is 14.8. The fourth-order valence-corrected chi connectivity index (χ4v) is 7.10. The van der Waals surface area contributed by atoms with Crippen molar-refractivity contribution in [3.8, 4) is 0 Å². The minimum atomic E-state index is 0.588. The molecule has 28 heavy (non-hydrogen) atoms. The van der Waals surface area contributed by atoms with E-state index in [9.17, 15) is 0 Å². The van der Waals surface area contributed by atoms with Gasteiger partial charge in [0.05, 0.1) is 0 Å². The molecule has 0 aromatic heterocycles. The lowest BCUT2D eigenvalue weighted by Crippen LogP contribution is -2.34. The minimum absolute atomic E-state index is 0.588. The second-order valence-electron chi connectivity index (χ2n) is 11.5. The van der Waals surface area contributed by atoms with Crippen LogP contribution in [0.5, 0.6) is 0 Å². The molecule has 4 rings (SSSR count). The Balaban J connectivity index is 1.60. The van der Waals surface area contributed by atoms with E-state index in [-0.39, 0.29) is 0 Å². The van der Waals surface area contributed by atoms with Crippen LogP contribution in [0.25, 0.3) is 0 Å². The van der Waals surface area contributed by atoms with E-state index in [4.69, 9.17) is 0 Å². The molecule has 156 valence electrons. The van der Waals surface area contributed by atoms with Gasteiger partial charge in [0.1, 0.15) is 0 Å². The molecular formula is C28H44. The molecule has 0 radical (unpaired) electrons. The zero-order valence-electron chi connectivity index (χ0n) is 19.5. The standard InChI is InChI=1S/C28H44/c1-18(2)19(3)10-11-20(4)22-12-13-24-23-14-16-28(6)15-8-7-9-26(28)25(23)17-21(5)27(22)24/h17-20,22,26H,7-16H2,1-6H3. The molecular weight excluding hydrogens is 336 g/mol. The summed E-state index contributed by atoms with van der Waals surface area (Å²) in [5, 5.41) is 0. The highest BCUT2D eigenvalue weighted by Gasteiger charge is 2.43. The molecule has 3 aliphatic carbocycles. The molecule has 0 N–H and O–H groups in total. The molecule has 1 aromatic rings. The van der Waals surface area contributed by atoms with Gasteiger partial charge in [-0.25, -0.2) is 0 Å². The lowest BCUT2D eigenvalue weighted by Gasteiger charge is -2.47. The summed E-state index contributed by atoms with van der Waals surface area (Å²) in [4.78, 5) is 0. The van der Waals surface area contributed by atoms with Gasteiger partial charge in [-0.05, 0) is 115 Å². The van der Waals surface area contributed by atoms with Gasteiger partial charge in [0.25, 0.3) is 0 Å². The molecule has 0 nitrogen and oxygen atoms in total. The average Bonchev–Trinajstić information content (AvgIpc) is 3.11. The highest BCUT2D eigenvalue weighted by molar-refractivity contribution is 5.53. The van der Waals surface area contributed by atoms with Crippen molar-refractivity contribution in [2.24, 2.45) is 23.2 Å².